The minimum absolute atomic E-state index is 0.174. The van der Waals surface area contributed by atoms with E-state index in [4.69, 9.17) is 4.74 Å². The topological polar surface area (TPSA) is 32.8 Å². The third kappa shape index (κ3) is 3.56. The molecule has 1 atom stereocenters. The Balaban J connectivity index is 2.09. The van der Waals surface area contributed by atoms with E-state index in [-0.39, 0.29) is 5.91 Å². The number of hydrogen-bond acceptors (Lipinski definition) is 3. The molecule has 0 fully saturated rings. The first-order valence-corrected chi connectivity index (χ1v) is 8.10. The van der Waals surface area contributed by atoms with Crippen LogP contribution in [-0.4, -0.2) is 73.4 Å². The van der Waals surface area contributed by atoms with E-state index in [0.717, 1.165) is 31.7 Å². The van der Waals surface area contributed by atoms with Crippen molar-refractivity contribution in [3.8, 4) is 5.75 Å². The van der Waals surface area contributed by atoms with Crippen LogP contribution in [0.4, 0.5) is 0 Å². The van der Waals surface area contributed by atoms with E-state index in [0.29, 0.717) is 6.54 Å². The summed E-state index contributed by atoms with van der Waals surface area (Å²) in [6.07, 6.45) is 2.00. The first-order chi connectivity index (χ1) is 9.51. The fourth-order valence-electron chi connectivity index (χ4n) is 2.49. The predicted molar refractivity (Wildman–Crippen MR) is 83.7 cm³/mol. The Morgan fingerprint density at radius 3 is 2.45 bits per heavy atom. The number of fused-ring (bicyclic) bond motifs is 1. The number of carbonyl (C=O) groups excluding carboxylic acids is 1. The third-order valence-electron chi connectivity index (χ3n) is 3.80. The molecule has 0 saturated heterocycles. The van der Waals surface area contributed by atoms with E-state index < -0.39 is 0 Å². The maximum absolute atomic E-state index is 11.8. The van der Waals surface area contributed by atoms with E-state index in [1.165, 1.54) is 15.5 Å². The van der Waals surface area contributed by atoms with Crippen LogP contribution in [-0.2, 0) is 17.6 Å². The van der Waals surface area contributed by atoms with Crippen LogP contribution in [0.2, 0.25) is 0 Å². The van der Waals surface area contributed by atoms with Gasteiger partial charge in [-0.15, -0.1) is 0 Å². The first-order valence-electron chi connectivity index (χ1n) is 6.89. The van der Waals surface area contributed by atoms with Crippen molar-refractivity contribution in [1.82, 2.24) is 9.80 Å². The van der Waals surface area contributed by atoms with Gasteiger partial charge in [0, 0.05) is 0 Å². The average Bonchev–Trinajstić information content (AvgIpc) is 2.60. The van der Waals surface area contributed by atoms with Crippen molar-refractivity contribution in [2.45, 2.75) is 12.8 Å². The Hall–Kier alpha value is -0.992. The fourth-order valence-corrected chi connectivity index (χ4v) is 3.33. The standard InChI is InChI=1S/C15H23AsN2O2/c1-17(2)15(19)10-18-6-4-11-8-13(16)14(20-3)9-12(11)5-7-18/h8-9H,4-7,10,16H2,1-3H3. The molecule has 0 bridgehead atoms. The van der Waals surface area contributed by atoms with Crippen LogP contribution >= 0.6 is 0 Å². The normalized spacial score (nSPS) is 15.4. The molecule has 2 rings (SSSR count). The van der Waals surface area contributed by atoms with Crippen molar-refractivity contribution >= 4 is 27.1 Å². The minimum atomic E-state index is 0.174. The molecule has 1 aromatic carbocycles. The number of likely N-dealkylation sites (N-methyl/N-ethyl adjacent to an activating group) is 1. The zero-order chi connectivity index (χ0) is 14.7. The quantitative estimate of drug-likeness (QED) is 0.693. The fraction of sp³-hybridized carbons (Fsp3) is 0.533. The van der Waals surface area contributed by atoms with Gasteiger partial charge in [-0.25, -0.2) is 0 Å². The molecule has 0 N–H and O–H groups in total. The summed E-state index contributed by atoms with van der Waals surface area (Å²) >= 11 is 1.60. The molecule has 1 heterocycles. The molecular formula is C15H23AsN2O2. The van der Waals surface area contributed by atoms with Gasteiger partial charge >= 0.3 is 129 Å². The summed E-state index contributed by atoms with van der Waals surface area (Å²) in [5.74, 6) is 1.16. The Labute approximate surface area is 129 Å². The van der Waals surface area contributed by atoms with Crippen molar-refractivity contribution in [2.75, 3.05) is 40.8 Å². The average molecular weight is 338 g/mol. The van der Waals surface area contributed by atoms with Gasteiger partial charge in [-0.2, -0.15) is 0 Å². The van der Waals surface area contributed by atoms with Crippen LogP contribution in [0.3, 0.4) is 0 Å². The third-order valence-corrected chi connectivity index (χ3v) is 4.75. The van der Waals surface area contributed by atoms with E-state index in [1.54, 1.807) is 28.9 Å². The van der Waals surface area contributed by atoms with E-state index in [9.17, 15) is 4.79 Å². The molecule has 1 aromatic rings. The number of carbonyl (C=O) groups is 1. The second-order valence-corrected chi connectivity index (χ2v) is 6.73. The molecule has 0 aromatic heterocycles. The molecule has 110 valence electrons. The van der Waals surface area contributed by atoms with Gasteiger partial charge in [0.25, 0.3) is 0 Å². The maximum atomic E-state index is 11.8. The zero-order valence-electron chi connectivity index (χ0n) is 12.5. The number of rotatable bonds is 3. The van der Waals surface area contributed by atoms with Crippen molar-refractivity contribution in [2.24, 2.45) is 0 Å². The van der Waals surface area contributed by atoms with E-state index >= 15 is 0 Å². The van der Waals surface area contributed by atoms with Crippen LogP contribution in [0.15, 0.2) is 12.1 Å². The molecule has 1 aliphatic heterocycles. The number of benzene rings is 1. The van der Waals surface area contributed by atoms with Crippen molar-refractivity contribution < 1.29 is 9.53 Å². The van der Waals surface area contributed by atoms with E-state index in [1.807, 2.05) is 14.1 Å². The molecule has 0 saturated carbocycles. The number of amides is 1. The Bertz CT molecular complexity index is 503. The summed E-state index contributed by atoms with van der Waals surface area (Å²) in [5, 5.41) is 0. The van der Waals surface area contributed by atoms with Crippen LogP contribution in [0.25, 0.3) is 0 Å². The SMILES string of the molecule is COc1cc2c(cc1[AsH2])CCN(CC(=O)N(C)C)CC2. The van der Waals surface area contributed by atoms with Gasteiger partial charge in [0.1, 0.15) is 0 Å². The van der Waals surface area contributed by atoms with Crippen molar-refractivity contribution in [1.29, 1.82) is 0 Å². The van der Waals surface area contributed by atoms with Crippen molar-refractivity contribution in [3.63, 3.8) is 0 Å². The Morgan fingerprint density at radius 2 is 1.90 bits per heavy atom. The van der Waals surface area contributed by atoms with Gasteiger partial charge in [-0.1, -0.05) is 0 Å². The second kappa shape index (κ2) is 6.64. The molecule has 0 spiro atoms. The first kappa shape index (κ1) is 15.4. The molecule has 1 aliphatic rings. The summed E-state index contributed by atoms with van der Waals surface area (Å²) < 4.78 is 6.66. The number of hydrogen-bond donors (Lipinski definition) is 0. The summed E-state index contributed by atoms with van der Waals surface area (Å²) in [6, 6.07) is 4.43. The summed E-state index contributed by atoms with van der Waals surface area (Å²) in [6.45, 7) is 2.40. The molecule has 4 nitrogen and oxygen atoms in total. The predicted octanol–water partition coefficient (Wildman–Crippen LogP) is -0.558. The summed E-state index contributed by atoms with van der Waals surface area (Å²) in [4.78, 5) is 15.7. The number of nitrogens with zero attached hydrogens (tertiary/aromatic N) is 2. The van der Waals surface area contributed by atoms with Gasteiger partial charge in [-0.3, -0.25) is 0 Å². The van der Waals surface area contributed by atoms with Crippen molar-refractivity contribution in [3.05, 3.63) is 23.3 Å². The second-order valence-electron chi connectivity index (χ2n) is 5.43. The molecule has 1 amide bonds. The van der Waals surface area contributed by atoms with E-state index in [2.05, 4.69) is 17.0 Å². The molecule has 0 radical (unpaired) electrons. The van der Waals surface area contributed by atoms with Crippen LogP contribution < -0.4 is 9.09 Å². The number of methoxy groups -OCH3 is 1. The van der Waals surface area contributed by atoms with Gasteiger partial charge < -0.3 is 0 Å². The van der Waals surface area contributed by atoms with Crippen LogP contribution in [0, 0.1) is 0 Å². The summed E-state index contributed by atoms with van der Waals surface area (Å²) in [5.41, 5.74) is 2.77. The van der Waals surface area contributed by atoms with Crippen LogP contribution in [0.1, 0.15) is 11.1 Å². The molecule has 1 unspecified atom stereocenters. The molecule has 0 aliphatic carbocycles. The van der Waals surface area contributed by atoms with Gasteiger partial charge in [0.05, 0.1) is 0 Å². The summed E-state index contributed by atoms with van der Waals surface area (Å²) in [7, 11) is 5.35. The van der Waals surface area contributed by atoms with Crippen LogP contribution in [0.5, 0.6) is 5.75 Å². The monoisotopic (exact) mass is 338 g/mol. The molecule has 5 heteroatoms. The zero-order valence-corrected chi connectivity index (χ0v) is 14.9. The Kier molecular flexibility index (Phi) is 5.11. The van der Waals surface area contributed by atoms with Gasteiger partial charge in [-0.05, 0) is 0 Å². The Morgan fingerprint density at radius 1 is 1.30 bits per heavy atom. The molecule has 20 heavy (non-hydrogen) atoms. The molecular weight excluding hydrogens is 315 g/mol. The van der Waals surface area contributed by atoms with Gasteiger partial charge in [0.15, 0.2) is 0 Å². The van der Waals surface area contributed by atoms with Gasteiger partial charge in [0.2, 0.25) is 0 Å². The number of ether oxygens (including phenoxy) is 1.